The highest BCUT2D eigenvalue weighted by atomic mass is 19.3. The fraction of sp³-hybridized carbons (Fsp3) is 0.562. The fourth-order valence-corrected chi connectivity index (χ4v) is 2.80. The Kier molecular flexibility index (Phi) is 4.83. The van der Waals surface area contributed by atoms with Crippen LogP contribution in [0.4, 0.5) is 14.5 Å². The zero-order valence-electron chi connectivity index (χ0n) is 13.1. The maximum atomic E-state index is 12.5. The predicted molar refractivity (Wildman–Crippen MR) is 86.3 cm³/mol. The van der Waals surface area contributed by atoms with Gasteiger partial charge in [-0.15, -0.1) is 0 Å². The molecule has 1 aliphatic carbocycles. The summed E-state index contributed by atoms with van der Waals surface area (Å²) in [6.07, 6.45) is 3.31. The highest BCUT2D eigenvalue weighted by molar-refractivity contribution is 5.80. The smallest absolute Gasteiger partial charge is 0.387 e. The second-order valence-electron chi connectivity index (χ2n) is 5.91. The summed E-state index contributed by atoms with van der Waals surface area (Å²) in [5.74, 6) is 1.04. The van der Waals surface area contributed by atoms with Crippen LogP contribution in [0.5, 0.6) is 5.75 Å². The van der Waals surface area contributed by atoms with E-state index in [1.54, 1.807) is 19.2 Å². The predicted octanol–water partition coefficient (Wildman–Crippen LogP) is 2.19. The first-order valence-electron chi connectivity index (χ1n) is 7.94. The number of guanidine groups is 1. The summed E-state index contributed by atoms with van der Waals surface area (Å²) in [4.78, 5) is 6.31. The molecule has 1 aromatic rings. The quantitative estimate of drug-likeness (QED) is 0.644. The summed E-state index contributed by atoms with van der Waals surface area (Å²) in [6.45, 7) is -1.29. The number of ether oxygens (including phenoxy) is 1. The summed E-state index contributed by atoms with van der Waals surface area (Å²) < 4.78 is 29.7. The molecule has 0 radical (unpaired) electrons. The van der Waals surface area contributed by atoms with Crippen molar-refractivity contribution >= 4 is 11.6 Å². The largest absolute Gasteiger partial charge is 0.433 e. The standard InChI is InChI=1S/C16H22F2N4O/c1-19-16(20-11-6-7-11)21-12-8-9-22(10-12)13-4-2-3-5-14(13)23-15(17)18/h2-5,11-12,15H,6-10H2,1H3,(H2,19,20,21). The zero-order valence-corrected chi connectivity index (χ0v) is 13.1. The third-order valence-electron chi connectivity index (χ3n) is 4.09. The first-order valence-corrected chi connectivity index (χ1v) is 7.94. The van der Waals surface area contributed by atoms with Crippen LogP contribution in [0.1, 0.15) is 19.3 Å². The van der Waals surface area contributed by atoms with E-state index in [0.29, 0.717) is 11.7 Å². The van der Waals surface area contributed by atoms with Crippen molar-refractivity contribution in [1.82, 2.24) is 10.6 Å². The topological polar surface area (TPSA) is 48.9 Å². The van der Waals surface area contributed by atoms with Crippen LogP contribution < -0.4 is 20.3 Å². The number of benzene rings is 1. The minimum atomic E-state index is -2.81. The maximum Gasteiger partial charge on any atom is 0.387 e. The number of halogens is 2. The van der Waals surface area contributed by atoms with Gasteiger partial charge in [0.25, 0.3) is 0 Å². The molecule has 2 N–H and O–H groups in total. The van der Waals surface area contributed by atoms with Crippen molar-refractivity contribution in [3.8, 4) is 5.75 Å². The van der Waals surface area contributed by atoms with E-state index in [2.05, 4.69) is 25.3 Å². The van der Waals surface area contributed by atoms with E-state index >= 15 is 0 Å². The van der Waals surface area contributed by atoms with E-state index in [9.17, 15) is 8.78 Å². The lowest BCUT2D eigenvalue weighted by atomic mass is 10.2. The molecule has 1 saturated carbocycles. The first-order chi connectivity index (χ1) is 11.2. The lowest BCUT2D eigenvalue weighted by Crippen LogP contribution is -2.45. The Morgan fingerprint density at radius 2 is 1.96 bits per heavy atom. The minimum Gasteiger partial charge on any atom is -0.433 e. The van der Waals surface area contributed by atoms with Gasteiger partial charge < -0.3 is 20.3 Å². The van der Waals surface area contributed by atoms with Gasteiger partial charge >= 0.3 is 6.61 Å². The number of hydrogen-bond donors (Lipinski definition) is 2. The van der Waals surface area contributed by atoms with Crippen LogP contribution in [-0.4, -0.2) is 44.8 Å². The Balaban J connectivity index is 1.61. The number of alkyl halides is 2. The monoisotopic (exact) mass is 324 g/mol. The summed E-state index contributed by atoms with van der Waals surface area (Å²) in [5.41, 5.74) is 0.710. The van der Waals surface area contributed by atoms with Gasteiger partial charge in [-0.3, -0.25) is 4.99 Å². The maximum absolute atomic E-state index is 12.5. The Labute approximate surface area is 134 Å². The van der Waals surface area contributed by atoms with Crippen LogP contribution in [0.15, 0.2) is 29.3 Å². The summed E-state index contributed by atoms with van der Waals surface area (Å²) >= 11 is 0. The van der Waals surface area contributed by atoms with Crippen LogP contribution >= 0.6 is 0 Å². The third-order valence-corrected chi connectivity index (χ3v) is 4.09. The van der Waals surface area contributed by atoms with Crippen molar-refractivity contribution in [2.24, 2.45) is 4.99 Å². The average molecular weight is 324 g/mol. The molecule has 2 aliphatic rings. The summed E-state index contributed by atoms with van der Waals surface area (Å²) in [6, 6.07) is 7.71. The van der Waals surface area contributed by atoms with Crippen LogP contribution in [0, 0.1) is 0 Å². The Morgan fingerprint density at radius 3 is 2.65 bits per heavy atom. The average Bonchev–Trinajstić information content (AvgIpc) is 3.23. The van der Waals surface area contributed by atoms with Gasteiger partial charge in [-0.1, -0.05) is 12.1 Å². The SMILES string of the molecule is CN=C(NC1CC1)NC1CCN(c2ccccc2OC(F)F)C1. The van der Waals surface area contributed by atoms with Crippen molar-refractivity contribution in [2.75, 3.05) is 25.0 Å². The molecular weight excluding hydrogens is 302 g/mol. The fourth-order valence-electron chi connectivity index (χ4n) is 2.80. The molecule has 126 valence electrons. The molecule has 1 heterocycles. The molecule has 23 heavy (non-hydrogen) atoms. The molecule has 7 heteroatoms. The van der Waals surface area contributed by atoms with Crippen LogP contribution in [-0.2, 0) is 0 Å². The van der Waals surface area contributed by atoms with Gasteiger partial charge in [-0.05, 0) is 31.4 Å². The number of hydrogen-bond acceptors (Lipinski definition) is 3. The molecule has 0 spiro atoms. The molecule has 1 aromatic carbocycles. The van der Waals surface area contributed by atoms with Gasteiger partial charge in [0, 0.05) is 32.2 Å². The van der Waals surface area contributed by atoms with Crippen molar-refractivity contribution in [1.29, 1.82) is 0 Å². The van der Waals surface area contributed by atoms with Crippen LogP contribution in [0.25, 0.3) is 0 Å². The molecule has 1 unspecified atom stereocenters. The van der Waals surface area contributed by atoms with Gasteiger partial charge in [0.15, 0.2) is 5.96 Å². The number of anilines is 1. The second kappa shape index (κ2) is 7.02. The first kappa shape index (κ1) is 15.8. The normalized spacial score (nSPS) is 21.7. The van der Waals surface area contributed by atoms with Crippen LogP contribution in [0.2, 0.25) is 0 Å². The molecule has 2 fully saturated rings. The van der Waals surface area contributed by atoms with E-state index in [1.165, 1.54) is 12.8 Å². The van der Waals surface area contributed by atoms with Crippen molar-refractivity contribution in [3.63, 3.8) is 0 Å². The van der Waals surface area contributed by atoms with Gasteiger partial charge in [0.1, 0.15) is 5.75 Å². The Hall–Kier alpha value is -2.05. The van der Waals surface area contributed by atoms with E-state index in [-0.39, 0.29) is 11.8 Å². The van der Waals surface area contributed by atoms with Gasteiger partial charge in [0.05, 0.1) is 5.69 Å². The molecule has 0 amide bonds. The Bertz CT molecular complexity index is 563. The van der Waals surface area contributed by atoms with Gasteiger partial charge in [-0.2, -0.15) is 8.78 Å². The summed E-state index contributed by atoms with van der Waals surface area (Å²) in [7, 11) is 1.76. The lowest BCUT2D eigenvalue weighted by Gasteiger charge is -2.22. The lowest BCUT2D eigenvalue weighted by molar-refractivity contribution is -0.0495. The highest BCUT2D eigenvalue weighted by Crippen LogP contribution is 2.31. The molecule has 1 saturated heterocycles. The highest BCUT2D eigenvalue weighted by Gasteiger charge is 2.28. The molecule has 0 bridgehead atoms. The molecular formula is C16H22F2N4O. The van der Waals surface area contributed by atoms with Crippen LogP contribution in [0.3, 0.4) is 0 Å². The number of nitrogens with zero attached hydrogens (tertiary/aromatic N) is 2. The van der Waals surface area contributed by atoms with E-state index in [0.717, 1.165) is 25.5 Å². The third kappa shape index (κ3) is 4.24. The number of aliphatic imine (C=N–C) groups is 1. The van der Waals surface area contributed by atoms with Crippen molar-refractivity contribution in [2.45, 2.75) is 38.0 Å². The molecule has 5 nitrogen and oxygen atoms in total. The van der Waals surface area contributed by atoms with Gasteiger partial charge in [0.2, 0.25) is 0 Å². The van der Waals surface area contributed by atoms with Crippen molar-refractivity contribution in [3.05, 3.63) is 24.3 Å². The van der Waals surface area contributed by atoms with Crippen molar-refractivity contribution < 1.29 is 13.5 Å². The minimum absolute atomic E-state index is 0.226. The summed E-state index contributed by atoms with van der Waals surface area (Å²) in [5, 5.41) is 6.76. The molecule has 3 rings (SSSR count). The van der Waals surface area contributed by atoms with E-state index in [4.69, 9.17) is 0 Å². The molecule has 1 aliphatic heterocycles. The molecule has 0 aromatic heterocycles. The zero-order chi connectivity index (χ0) is 16.2. The number of nitrogens with one attached hydrogen (secondary N) is 2. The van der Waals surface area contributed by atoms with E-state index in [1.807, 2.05) is 12.1 Å². The second-order valence-corrected chi connectivity index (χ2v) is 5.91. The number of rotatable bonds is 5. The number of para-hydroxylation sites is 2. The van der Waals surface area contributed by atoms with Gasteiger partial charge in [-0.25, -0.2) is 0 Å². The Morgan fingerprint density at radius 1 is 1.22 bits per heavy atom. The van der Waals surface area contributed by atoms with E-state index < -0.39 is 6.61 Å². The molecule has 1 atom stereocenters.